The summed E-state index contributed by atoms with van der Waals surface area (Å²) < 4.78 is 0. The summed E-state index contributed by atoms with van der Waals surface area (Å²) in [6.07, 6.45) is 5.75. The lowest BCUT2D eigenvalue weighted by atomic mass is 10.1. The van der Waals surface area contributed by atoms with E-state index in [0.717, 1.165) is 12.5 Å². The highest BCUT2D eigenvalue weighted by atomic mass is 15.1. The average molecular weight is 170 g/mol. The third-order valence-corrected chi connectivity index (χ3v) is 2.64. The molecule has 1 aliphatic rings. The fraction of sp³-hybridized carbons (Fsp3) is 1.00. The van der Waals surface area contributed by atoms with Crippen LogP contribution in [-0.2, 0) is 0 Å². The number of hydrogen-bond acceptors (Lipinski definition) is 2. The van der Waals surface area contributed by atoms with Gasteiger partial charge >= 0.3 is 0 Å². The van der Waals surface area contributed by atoms with E-state index in [1.807, 2.05) is 0 Å². The van der Waals surface area contributed by atoms with Gasteiger partial charge in [0.1, 0.15) is 0 Å². The fourth-order valence-electron chi connectivity index (χ4n) is 2.20. The van der Waals surface area contributed by atoms with Crippen LogP contribution in [0.25, 0.3) is 0 Å². The lowest BCUT2D eigenvalue weighted by Gasteiger charge is -2.22. The molecule has 0 aromatic heterocycles. The van der Waals surface area contributed by atoms with Gasteiger partial charge in [-0.05, 0) is 32.7 Å². The first kappa shape index (κ1) is 10.0. The molecule has 0 heterocycles. The van der Waals surface area contributed by atoms with Crippen LogP contribution in [0.2, 0.25) is 0 Å². The largest absolute Gasteiger partial charge is 0.327 e. The molecule has 2 N–H and O–H groups in total. The van der Waals surface area contributed by atoms with Gasteiger partial charge in [-0.3, -0.25) is 0 Å². The van der Waals surface area contributed by atoms with Gasteiger partial charge in [0, 0.05) is 19.1 Å². The van der Waals surface area contributed by atoms with E-state index in [-0.39, 0.29) is 0 Å². The number of nitrogens with two attached hydrogens (primary N) is 1. The van der Waals surface area contributed by atoms with Crippen molar-refractivity contribution >= 4 is 0 Å². The van der Waals surface area contributed by atoms with Crippen LogP contribution in [-0.4, -0.2) is 31.1 Å². The van der Waals surface area contributed by atoms with E-state index < -0.39 is 0 Å². The van der Waals surface area contributed by atoms with Crippen LogP contribution < -0.4 is 5.73 Å². The minimum absolute atomic E-state index is 0.316. The quantitative estimate of drug-likeness (QED) is 0.692. The Morgan fingerprint density at radius 1 is 1.42 bits per heavy atom. The Kier molecular flexibility index (Phi) is 4.02. The Hall–Kier alpha value is -0.0800. The Morgan fingerprint density at radius 2 is 2.00 bits per heavy atom. The minimum atomic E-state index is 0.316. The molecule has 1 saturated carbocycles. The maximum Gasteiger partial charge on any atom is 0.0139 e. The van der Waals surface area contributed by atoms with Gasteiger partial charge < -0.3 is 10.6 Å². The highest BCUT2D eigenvalue weighted by Crippen LogP contribution is 2.24. The standard InChI is InChI=1S/C10H22N2/c1-9(11)7-12(2)8-10-5-3-4-6-10/h9-10H,3-8,11H2,1-2H3/t9-/m0/s1. The second-order valence-corrected chi connectivity index (χ2v) is 4.35. The molecule has 0 unspecified atom stereocenters. The van der Waals surface area contributed by atoms with Gasteiger partial charge in [0.2, 0.25) is 0 Å². The van der Waals surface area contributed by atoms with Gasteiger partial charge in [-0.25, -0.2) is 0 Å². The van der Waals surface area contributed by atoms with Crippen molar-refractivity contribution in [1.29, 1.82) is 0 Å². The normalized spacial score (nSPS) is 22.0. The van der Waals surface area contributed by atoms with E-state index in [0.29, 0.717) is 6.04 Å². The van der Waals surface area contributed by atoms with E-state index >= 15 is 0 Å². The molecule has 2 heteroatoms. The third-order valence-electron chi connectivity index (χ3n) is 2.64. The molecule has 0 aliphatic heterocycles. The molecule has 0 aromatic rings. The van der Waals surface area contributed by atoms with Crippen molar-refractivity contribution in [3.8, 4) is 0 Å². The molecule has 0 bridgehead atoms. The van der Waals surface area contributed by atoms with Crippen molar-refractivity contribution in [3.05, 3.63) is 0 Å². The molecule has 0 aromatic carbocycles. The molecular weight excluding hydrogens is 148 g/mol. The highest BCUT2D eigenvalue weighted by Gasteiger charge is 2.16. The van der Waals surface area contributed by atoms with Crippen molar-refractivity contribution in [2.24, 2.45) is 11.7 Å². The Balaban J connectivity index is 2.11. The van der Waals surface area contributed by atoms with E-state index in [2.05, 4.69) is 18.9 Å². The average Bonchev–Trinajstić information content (AvgIpc) is 2.37. The first-order valence-corrected chi connectivity index (χ1v) is 5.12. The van der Waals surface area contributed by atoms with Gasteiger partial charge in [0.25, 0.3) is 0 Å². The van der Waals surface area contributed by atoms with Crippen molar-refractivity contribution < 1.29 is 0 Å². The zero-order valence-electron chi connectivity index (χ0n) is 8.42. The molecule has 0 radical (unpaired) electrons. The maximum atomic E-state index is 5.73. The first-order valence-electron chi connectivity index (χ1n) is 5.12. The van der Waals surface area contributed by atoms with Crippen LogP contribution in [0.15, 0.2) is 0 Å². The fourth-order valence-corrected chi connectivity index (χ4v) is 2.20. The topological polar surface area (TPSA) is 29.3 Å². The number of hydrogen-bond donors (Lipinski definition) is 1. The van der Waals surface area contributed by atoms with Crippen LogP contribution >= 0.6 is 0 Å². The van der Waals surface area contributed by atoms with Gasteiger partial charge in [-0.15, -0.1) is 0 Å². The molecular formula is C10H22N2. The number of nitrogens with zero attached hydrogens (tertiary/aromatic N) is 1. The Labute approximate surface area is 76.1 Å². The van der Waals surface area contributed by atoms with E-state index in [1.54, 1.807) is 0 Å². The van der Waals surface area contributed by atoms with Crippen LogP contribution in [0.3, 0.4) is 0 Å². The highest BCUT2D eigenvalue weighted by molar-refractivity contribution is 4.71. The Bertz CT molecular complexity index is 117. The summed E-state index contributed by atoms with van der Waals surface area (Å²) in [4.78, 5) is 2.38. The molecule has 0 amide bonds. The molecule has 0 saturated heterocycles. The van der Waals surface area contributed by atoms with E-state index in [4.69, 9.17) is 5.73 Å². The maximum absolute atomic E-state index is 5.73. The second kappa shape index (κ2) is 4.83. The lowest BCUT2D eigenvalue weighted by molar-refractivity contribution is 0.267. The van der Waals surface area contributed by atoms with Crippen LogP contribution in [0, 0.1) is 5.92 Å². The molecule has 1 rings (SSSR count). The molecule has 1 atom stereocenters. The number of rotatable bonds is 4. The summed E-state index contributed by atoms with van der Waals surface area (Å²) in [6, 6.07) is 0.316. The summed E-state index contributed by atoms with van der Waals surface area (Å²) in [6.45, 7) is 4.36. The summed E-state index contributed by atoms with van der Waals surface area (Å²) in [5, 5.41) is 0. The van der Waals surface area contributed by atoms with Crippen molar-refractivity contribution in [2.75, 3.05) is 20.1 Å². The molecule has 1 aliphatic carbocycles. The Morgan fingerprint density at radius 3 is 2.50 bits per heavy atom. The molecule has 12 heavy (non-hydrogen) atoms. The van der Waals surface area contributed by atoms with Gasteiger partial charge in [-0.2, -0.15) is 0 Å². The van der Waals surface area contributed by atoms with E-state index in [9.17, 15) is 0 Å². The minimum Gasteiger partial charge on any atom is -0.327 e. The summed E-state index contributed by atoms with van der Waals surface area (Å²) >= 11 is 0. The smallest absolute Gasteiger partial charge is 0.0139 e. The summed E-state index contributed by atoms with van der Waals surface area (Å²) in [7, 11) is 2.18. The third kappa shape index (κ3) is 3.55. The monoisotopic (exact) mass is 170 g/mol. The molecule has 72 valence electrons. The lowest BCUT2D eigenvalue weighted by Crippen LogP contribution is -2.35. The predicted molar refractivity (Wildman–Crippen MR) is 53.1 cm³/mol. The van der Waals surface area contributed by atoms with Crippen molar-refractivity contribution in [1.82, 2.24) is 4.90 Å². The SMILES string of the molecule is C[C@H](N)CN(C)CC1CCCC1. The van der Waals surface area contributed by atoms with Gasteiger partial charge in [0.15, 0.2) is 0 Å². The zero-order valence-corrected chi connectivity index (χ0v) is 8.42. The molecule has 2 nitrogen and oxygen atoms in total. The van der Waals surface area contributed by atoms with Crippen molar-refractivity contribution in [3.63, 3.8) is 0 Å². The van der Waals surface area contributed by atoms with E-state index in [1.165, 1.54) is 32.2 Å². The summed E-state index contributed by atoms with van der Waals surface area (Å²) in [5.41, 5.74) is 5.73. The number of likely N-dealkylation sites (N-methyl/N-ethyl adjacent to an activating group) is 1. The molecule has 1 fully saturated rings. The zero-order chi connectivity index (χ0) is 8.97. The molecule has 0 spiro atoms. The second-order valence-electron chi connectivity index (χ2n) is 4.35. The summed E-state index contributed by atoms with van der Waals surface area (Å²) in [5.74, 6) is 0.953. The van der Waals surface area contributed by atoms with Gasteiger partial charge in [0.05, 0.1) is 0 Å². The van der Waals surface area contributed by atoms with Crippen LogP contribution in [0.5, 0.6) is 0 Å². The van der Waals surface area contributed by atoms with Gasteiger partial charge in [-0.1, -0.05) is 12.8 Å². The van der Waals surface area contributed by atoms with Crippen LogP contribution in [0.1, 0.15) is 32.6 Å². The predicted octanol–water partition coefficient (Wildman–Crippen LogP) is 1.46. The van der Waals surface area contributed by atoms with Crippen LogP contribution in [0.4, 0.5) is 0 Å². The van der Waals surface area contributed by atoms with Crippen molar-refractivity contribution in [2.45, 2.75) is 38.6 Å². The first-order chi connectivity index (χ1) is 5.68.